The van der Waals surface area contributed by atoms with Gasteiger partial charge in [-0.05, 0) is 60.4 Å². The van der Waals surface area contributed by atoms with Crippen LogP contribution in [0.3, 0.4) is 0 Å². The average molecular weight is 545 g/mol. The van der Waals surface area contributed by atoms with Gasteiger partial charge in [-0.15, -0.1) is 0 Å². The minimum Gasteiger partial charge on any atom is -0.376 e. The van der Waals surface area contributed by atoms with Crippen molar-refractivity contribution >= 4 is 33.0 Å². The van der Waals surface area contributed by atoms with Crippen molar-refractivity contribution < 1.29 is 22.3 Å². The van der Waals surface area contributed by atoms with Crippen LogP contribution in [0.1, 0.15) is 35.4 Å². The highest BCUT2D eigenvalue weighted by Crippen LogP contribution is 2.31. The van der Waals surface area contributed by atoms with Crippen LogP contribution in [0.2, 0.25) is 5.02 Å². The van der Waals surface area contributed by atoms with Crippen LogP contribution in [0.5, 0.6) is 0 Å². The van der Waals surface area contributed by atoms with Crippen LogP contribution in [0, 0.1) is 5.82 Å². The van der Waals surface area contributed by atoms with E-state index in [9.17, 15) is 17.6 Å². The van der Waals surface area contributed by atoms with Gasteiger partial charge in [-0.25, -0.2) is 12.8 Å². The summed E-state index contributed by atoms with van der Waals surface area (Å²) in [5.41, 5.74) is 2.36. The van der Waals surface area contributed by atoms with Crippen LogP contribution in [0.25, 0.3) is 0 Å². The van der Waals surface area contributed by atoms with Crippen molar-refractivity contribution in [3.8, 4) is 0 Å². The van der Waals surface area contributed by atoms with Gasteiger partial charge >= 0.3 is 0 Å². The summed E-state index contributed by atoms with van der Waals surface area (Å²) in [6.07, 6.45) is 2.22. The van der Waals surface area contributed by atoms with Crippen molar-refractivity contribution in [1.82, 2.24) is 5.32 Å². The molecule has 2 atom stereocenters. The molecule has 1 saturated heterocycles. The number of morpholine rings is 1. The molecule has 0 spiro atoms. The van der Waals surface area contributed by atoms with E-state index in [1.54, 1.807) is 42.5 Å². The molecule has 6 nitrogen and oxygen atoms in total. The molecule has 1 heterocycles. The van der Waals surface area contributed by atoms with E-state index in [-0.39, 0.29) is 29.1 Å². The molecule has 0 aromatic heterocycles. The van der Waals surface area contributed by atoms with E-state index in [0.29, 0.717) is 47.8 Å². The number of sulfone groups is 1. The predicted molar refractivity (Wildman–Crippen MR) is 143 cm³/mol. The molecule has 2 N–H and O–H groups in total. The molecule has 0 saturated carbocycles. The summed E-state index contributed by atoms with van der Waals surface area (Å²) in [5.74, 6) is -1.12. The van der Waals surface area contributed by atoms with E-state index in [4.69, 9.17) is 16.3 Å². The molecular weight excluding hydrogens is 515 g/mol. The third kappa shape index (κ3) is 7.38. The molecule has 4 rings (SSSR count). The average Bonchev–Trinajstić information content (AvgIpc) is 2.88. The fourth-order valence-corrected chi connectivity index (χ4v) is 5.31. The van der Waals surface area contributed by atoms with Crippen molar-refractivity contribution in [2.24, 2.45) is 0 Å². The van der Waals surface area contributed by atoms with Crippen molar-refractivity contribution in [3.05, 3.63) is 94.3 Å². The number of rotatable bonds is 9. The SMILES string of the molecule is CS(=O)(=O)c1cccc([C@@H](CC(=O)Nc2cccc(F)c2CC[C@@H]2CNCCO2)c2ccc(Cl)cc2)c1. The van der Waals surface area contributed by atoms with Gasteiger partial charge in [-0.3, -0.25) is 4.79 Å². The summed E-state index contributed by atoms with van der Waals surface area (Å²) in [6, 6.07) is 18.3. The Morgan fingerprint density at radius 1 is 1.14 bits per heavy atom. The number of hydrogen-bond acceptors (Lipinski definition) is 5. The first-order valence-electron chi connectivity index (χ1n) is 12.2. The monoisotopic (exact) mass is 544 g/mol. The number of anilines is 1. The summed E-state index contributed by atoms with van der Waals surface area (Å²) < 4.78 is 44.8. The number of nitrogens with one attached hydrogen (secondary N) is 2. The topological polar surface area (TPSA) is 84.5 Å². The smallest absolute Gasteiger partial charge is 0.225 e. The number of carbonyl (C=O) groups is 1. The van der Waals surface area contributed by atoms with Gasteiger partial charge in [0.2, 0.25) is 5.91 Å². The highest BCUT2D eigenvalue weighted by Gasteiger charge is 2.22. The standard InChI is InChI=1S/C28H30ClFN2O4S/c1-37(34,35)23-5-2-4-20(16-23)25(19-8-10-21(29)11-9-19)17-28(33)32-27-7-3-6-26(30)24(27)13-12-22-18-31-14-15-36-22/h2-11,16,22,25,31H,12-15,17-18H2,1H3,(H,32,33)/t22-,25+/m1/s1. The number of halogens is 2. The zero-order valence-electron chi connectivity index (χ0n) is 20.5. The Bertz CT molecular complexity index is 1340. The maximum atomic E-state index is 14.8. The lowest BCUT2D eigenvalue weighted by molar-refractivity contribution is -0.116. The first-order valence-corrected chi connectivity index (χ1v) is 14.4. The fraction of sp³-hybridized carbons (Fsp3) is 0.321. The van der Waals surface area contributed by atoms with Crippen LogP contribution in [0.4, 0.5) is 10.1 Å². The summed E-state index contributed by atoms with van der Waals surface area (Å²) in [5, 5.41) is 6.71. The van der Waals surface area contributed by atoms with Gasteiger partial charge in [0.25, 0.3) is 0 Å². The van der Waals surface area contributed by atoms with Crippen molar-refractivity contribution in [2.45, 2.75) is 36.2 Å². The molecule has 0 bridgehead atoms. The third-order valence-electron chi connectivity index (χ3n) is 6.46. The highest BCUT2D eigenvalue weighted by molar-refractivity contribution is 7.90. The predicted octanol–water partition coefficient (Wildman–Crippen LogP) is 4.96. The summed E-state index contributed by atoms with van der Waals surface area (Å²) >= 11 is 6.07. The van der Waals surface area contributed by atoms with Gasteiger partial charge in [0.15, 0.2) is 9.84 Å². The van der Waals surface area contributed by atoms with Gasteiger partial charge in [0, 0.05) is 48.0 Å². The normalized spacial score (nSPS) is 16.8. The lowest BCUT2D eigenvalue weighted by atomic mass is 9.88. The second-order valence-electron chi connectivity index (χ2n) is 9.20. The molecule has 37 heavy (non-hydrogen) atoms. The molecule has 1 aliphatic heterocycles. The number of carbonyl (C=O) groups excluding carboxylic acids is 1. The number of hydrogen-bond donors (Lipinski definition) is 2. The second kappa shape index (κ2) is 12.2. The van der Waals surface area contributed by atoms with Crippen molar-refractivity contribution in [1.29, 1.82) is 0 Å². The van der Waals surface area contributed by atoms with Gasteiger partial charge in [0.05, 0.1) is 17.6 Å². The van der Waals surface area contributed by atoms with E-state index in [1.807, 2.05) is 12.1 Å². The second-order valence-corrected chi connectivity index (χ2v) is 11.7. The van der Waals surface area contributed by atoms with Crippen LogP contribution in [0.15, 0.2) is 71.6 Å². The molecule has 3 aromatic carbocycles. The Balaban J connectivity index is 1.56. The summed E-state index contributed by atoms with van der Waals surface area (Å²) in [6.45, 7) is 2.14. The van der Waals surface area contributed by atoms with E-state index in [2.05, 4.69) is 10.6 Å². The quantitative estimate of drug-likeness (QED) is 0.397. The highest BCUT2D eigenvalue weighted by atomic mass is 35.5. The third-order valence-corrected chi connectivity index (χ3v) is 7.83. The van der Waals surface area contributed by atoms with E-state index >= 15 is 0 Å². The largest absolute Gasteiger partial charge is 0.376 e. The summed E-state index contributed by atoms with van der Waals surface area (Å²) in [7, 11) is -3.43. The molecule has 3 aromatic rings. The lowest BCUT2D eigenvalue weighted by Crippen LogP contribution is -2.38. The van der Waals surface area contributed by atoms with Crippen molar-refractivity contribution in [2.75, 3.05) is 31.3 Å². The van der Waals surface area contributed by atoms with Crippen LogP contribution >= 0.6 is 11.6 Å². The van der Waals surface area contributed by atoms with Gasteiger partial charge in [-0.2, -0.15) is 0 Å². The Morgan fingerprint density at radius 3 is 2.59 bits per heavy atom. The molecule has 9 heteroatoms. The Labute approximate surface area is 222 Å². The molecule has 1 fully saturated rings. The molecular formula is C28H30ClFN2O4S. The maximum Gasteiger partial charge on any atom is 0.225 e. The van der Waals surface area contributed by atoms with Crippen LogP contribution < -0.4 is 10.6 Å². The van der Waals surface area contributed by atoms with Gasteiger partial charge < -0.3 is 15.4 Å². The van der Waals surface area contributed by atoms with Crippen LogP contribution in [-0.4, -0.2) is 46.4 Å². The number of benzene rings is 3. The van der Waals surface area contributed by atoms with E-state index < -0.39 is 15.8 Å². The lowest BCUT2D eigenvalue weighted by Gasteiger charge is -2.24. The summed E-state index contributed by atoms with van der Waals surface area (Å²) in [4.78, 5) is 13.5. The maximum absolute atomic E-state index is 14.8. The minimum absolute atomic E-state index is 0.00619. The molecule has 1 amide bonds. The molecule has 0 unspecified atom stereocenters. The Morgan fingerprint density at radius 2 is 1.89 bits per heavy atom. The minimum atomic E-state index is -3.43. The number of ether oxygens (including phenoxy) is 1. The zero-order valence-corrected chi connectivity index (χ0v) is 22.1. The van der Waals surface area contributed by atoms with E-state index in [0.717, 1.165) is 18.4 Å². The molecule has 196 valence electrons. The molecule has 0 aliphatic carbocycles. The molecule has 0 radical (unpaired) electrons. The molecule has 1 aliphatic rings. The van der Waals surface area contributed by atoms with Crippen molar-refractivity contribution in [3.63, 3.8) is 0 Å². The Kier molecular flexibility index (Phi) is 8.97. The number of amides is 1. The first kappa shape index (κ1) is 27.3. The zero-order chi connectivity index (χ0) is 26.4. The first-order chi connectivity index (χ1) is 17.7. The van der Waals surface area contributed by atoms with Gasteiger partial charge in [0.1, 0.15) is 5.82 Å². The Hall–Kier alpha value is -2.78. The fourth-order valence-electron chi connectivity index (χ4n) is 4.51. The van der Waals surface area contributed by atoms with Gasteiger partial charge in [-0.1, -0.05) is 41.9 Å². The van der Waals surface area contributed by atoms with E-state index in [1.165, 1.54) is 12.1 Å². The van der Waals surface area contributed by atoms with Crippen LogP contribution in [-0.2, 0) is 25.8 Å².